The number of hydrogen-bond donors (Lipinski definition) is 0. The first-order valence-electron chi connectivity index (χ1n) is 5.15. The van der Waals surface area contributed by atoms with E-state index < -0.39 is 0 Å². The minimum absolute atomic E-state index is 0.186. The Hall–Kier alpha value is -1.69. The van der Waals surface area contributed by atoms with Gasteiger partial charge in [0.25, 0.3) is 5.56 Å². The first-order valence-corrected chi connectivity index (χ1v) is 5.53. The lowest BCUT2D eigenvalue weighted by molar-refractivity contribution is 0.375. The Kier molecular flexibility index (Phi) is 3.23. The molecular weight excluding hydrogens is 244 g/mol. The third-order valence-electron chi connectivity index (χ3n) is 2.28. The lowest BCUT2D eigenvalue weighted by atomic mass is 10.4. The molecule has 0 fully saturated rings. The molecule has 0 aliphatic heterocycles. The number of halogens is 1. The van der Waals surface area contributed by atoms with Gasteiger partial charge in [-0.1, -0.05) is 23.7 Å². The molecule has 0 spiro atoms. The van der Waals surface area contributed by atoms with Crippen LogP contribution in [-0.2, 0) is 13.0 Å². The smallest absolute Gasteiger partial charge is 0.255 e. The van der Waals surface area contributed by atoms with Crippen LogP contribution in [0.2, 0.25) is 5.15 Å². The van der Waals surface area contributed by atoms with E-state index >= 15 is 0 Å². The highest BCUT2D eigenvalue weighted by Crippen LogP contribution is 2.04. The molecule has 90 valence electrons. The van der Waals surface area contributed by atoms with Crippen LogP contribution in [0.4, 0.5) is 0 Å². The SMILES string of the molecule is CCc1nc(Cn2c(C)nc(Cl)cc2=O)no1. The summed E-state index contributed by atoms with van der Waals surface area (Å²) in [6.07, 6.45) is 0.666. The first kappa shape index (κ1) is 11.8. The summed E-state index contributed by atoms with van der Waals surface area (Å²) in [7, 11) is 0. The van der Waals surface area contributed by atoms with E-state index in [0.717, 1.165) is 0 Å². The van der Waals surface area contributed by atoms with Crippen molar-refractivity contribution in [2.24, 2.45) is 0 Å². The Morgan fingerprint density at radius 2 is 2.24 bits per heavy atom. The summed E-state index contributed by atoms with van der Waals surface area (Å²) >= 11 is 5.68. The molecule has 17 heavy (non-hydrogen) atoms. The fourth-order valence-electron chi connectivity index (χ4n) is 1.42. The van der Waals surface area contributed by atoms with Crippen molar-refractivity contribution < 1.29 is 4.52 Å². The van der Waals surface area contributed by atoms with Gasteiger partial charge < -0.3 is 4.52 Å². The van der Waals surface area contributed by atoms with Crippen LogP contribution < -0.4 is 5.56 Å². The van der Waals surface area contributed by atoms with Crippen molar-refractivity contribution in [3.8, 4) is 0 Å². The molecule has 0 aromatic carbocycles. The van der Waals surface area contributed by atoms with E-state index in [1.807, 2.05) is 6.92 Å². The van der Waals surface area contributed by atoms with Crippen molar-refractivity contribution in [2.75, 3.05) is 0 Å². The summed E-state index contributed by atoms with van der Waals surface area (Å²) < 4.78 is 6.41. The quantitative estimate of drug-likeness (QED) is 0.770. The average Bonchev–Trinajstić information content (AvgIpc) is 2.71. The molecule has 2 rings (SSSR count). The Labute approximate surface area is 102 Å². The van der Waals surface area contributed by atoms with Crippen LogP contribution in [0.5, 0.6) is 0 Å². The Morgan fingerprint density at radius 1 is 1.47 bits per heavy atom. The van der Waals surface area contributed by atoms with Crippen LogP contribution >= 0.6 is 11.6 Å². The van der Waals surface area contributed by atoms with Crippen LogP contribution in [0.1, 0.15) is 24.5 Å². The van der Waals surface area contributed by atoms with Gasteiger partial charge in [0.2, 0.25) is 5.89 Å². The lowest BCUT2D eigenvalue weighted by Gasteiger charge is -2.05. The van der Waals surface area contributed by atoms with E-state index in [1.165, 1.54) is 10.6 Å². The normalized spacial score (nSPS) is 10.8. The largest absolute Gasteiger partial charge is 0.339 e. The van der Waals surface area contributed by atoms with Crippen molar-refractivity contribution in [3.63, 3.8) is 0 Å². The third kappa shape index (κ3) is 2.52. The molecule has 0 aliphatic carbocycles. The van der Waals surface area contributed by atoms with E-state index in [1.54, 1.807) is 6.92 Å². The number of rotatable bonds is 3. The van der Waals surface area contributed by atoms with Gasteiger partial charge in [0.1, 0.15) is 11.0 Å². The number of hydrogen-bond acceptors (Lipinski definition) is 5. The van der Waals surface area contributed by atoms with Gasteiger partial charge in [-0.25, -0.2) is 4.98 Å². The molecule has 2 aromatic heterocycles. The monoisotopic (exact) mass is 254 g/mol. The molecule has 0 bridgehead atoms. The van der Waals surface area contributed by atoms with Crippen LogP contribution in [-0.4, -0.2) is 19.7 Å². The van der Waals surface area contributed by atoms with Gasteiger partial charge in [-0.2, -0.15) is 4.98 Å². The third-order valence-corrected chi connectivity index (χ3v) is 2.47. The molecule has 0 saturated heterocycles. The number of aryl methyl sites for hydroxylation is 2. The predicted octanol–water partition coefficient (Wildman–Crippen LogP) is 1.20. The van der Waals surface area contributed by atoms with Crippen molar-refractivity contribution >= 4 is 11.6 Å². The van der Waals surface area contributed by atoms with Gasteiger partial charge in [0.15, 0.2) is 5.82 Å². The molecule has 6 nitrogen and oxygen atoms in total. The highest BCUT2D eigenvalue weighted by molar-refractivity contribution is 6.29. The van der Waals surface area contributed by atoms with Gasteiger partial charge in [-0.05, 0) is 6.92 Å². The number of aromatic nitrogens is 4. The zero-order chi connectivity index (χ0) is 12.4. The van der Waals surface area contributed by atoms with Crippen LogP contribution in [0.3, 0.4) is 0 Å². The van der Waals surface area contributed by atoms with E-state index in [-0.39, 0.29) is 17.3 Å². The zero-order valence-electron chi connectivity index (χ0n) is 9.47. The number of nitrogens with zero attached hydrogens (tertiary/aromatic N) is 4. The molecule has 0 atom stereocenters. The van der Waals surface area contributed by atoms with Crippen LogP contribution in [0, 0.1) is 6.92 Å². The van der Waals surface area contributed by atoms with Crippen molar-refractivity contribution in [1.82, 2.24) is 19.7 Å². The molecule has 0 N–H and O–H groups in total. The average molecular weight is 255 g/mol. The molecule has 2 heterocycles. The van der Waals surface area contributed by atoms with E-state index in [2.05, 4.69) is 15.1 Å². The van der Waals surface area contributed by atoms with Gasteiger partial charge in [-0.3, -0.25) is 9.36 Å². The zero-order valence-corrected chi connectivity index (χ0v) is 10.2. The fraction of sp³-hybridized carbons (Fsp3) is 0.400. The molecule has 7 heteroatoms. The summed E-state index contributed by atoms with van der Waals surface area (Å²) in [5.74, 6) is 1.52. The fourth-order valence-corrected chi connectivity index (χ4v) is 1.63. The molecule has 0 saturated carbocycles. The maximum absolute atomic E-state index is 11.7. The first-order chi connectivity index (χ1) is 8.10. The second-order valence-corrected chi connectivity index (χ2v) is 3.90. The Morgan fingerprint density at radius 3 is 2.82 bits per heavy atom. The predicted molar refractivity (Wildman–Crippen MR) is 61.0 cm³/mol. The molecule has 0 unspecified atom stereocenters. The van der Waals surface area contributed by atoms with Crippen LogP contribution in [0.25, 0.3) is 0 Å². The lowest BCUT2D eigenvalue weighted by Crippen LogP contribution is -2.23. The highest BCUT2D eigenvalue weighted by Gasteiger charge is 2.09. The van der Waals surface area contributed by atoms with E-state index in [9.17, 15) is 4.79 Å². The van der Waals surface area contributed by atoms with Gasteiger partial charge >= 0.3 is 0 Å². The van der Waals surface area contributed by atoms with Gasteiger partial charge in [-0.15, -0.1) is 0 Å². The maximum Gasteiger partial charge on any atom is 0.255 e. The maximum atomic E-state index is 11.7. The molecular formula is C10H11ClN4O2. The van der Waals surface area contributed by atoms with E-state index in [0.29, 0.717) is 24.0 Å². The Bertz CT molecular complexity index is 590. The summed E-state index contributed by atoms with van der Waals surface area (Å²) in [5, 5.41) is 3.97. The molecule has 0 amide bonds. The molecule has 0 aliphatic rings. The minimum Gasteiger partial charge on any atom is -0.339 e. The summed E-state index contributed by atoms with van der Waals surface area (Å²) in [6.45, 7) is 3.85. The summed E-state index contributed by atoms with van der Waals surface area (Å²) in [6, 6.07) is 1.26. The van der Waals surface area contributed by atoms with Crippen molar-refractivity contribution in [3.05, 3.63) is 39.1 Å². The second-order valence-electron chi connectivity index (χ2n) is 3.51. The molecule has 2 aromatic rings. The Balaban J connectivity index is 2.33. The molecule has 0 radical (unpaired) electrons. The van der Waals surface area contributed by atoms with Crippen molar-refractivity contribution in [1.29, 1.82) is 0 Å². The summed E-state index contributed by atoms with van der Waals surface area (Å²) in [4.78, 5) is 19.8. The van der Waals surface area contributed by atoms with Gasteiger partial charge in [0, 0.05) is 12.5 Å². The standard InChI is InChI=1S/C10H11ClN4O2/c1-3-9-13-8(14-17-9)5-15-6(2)12-7(11)4-10(15)16/h4H,3,5H2,1-2H3. The van der Waals surface area contributed by atoms with E-state index in [4.69, 9.17) is 16.1 Å². The minimum atomic E-state index is -0.231. The topological polar surface area (TPSA) is 73.8 Å². The second kappa shape index (κ2) is 4.67. The van der Waals surface area contributed by atoms with Crippen LogP contribution in [0.15, 0.2) is 15.4 Å². The highest BCUT2D eigenvalue weighted by atomic mass is 35.5. The summed E-state index contributed by atoms with van der Waals surface area (Å²) in [5.41, 5.74) is -0.231. The van der Waals surface area contributed by atoms with Gasteiger partial charge in [0.05, 0.1) is 6.54 Å². The van der Waals surface area contributed by atoms with Crippen molar-refractivity contribution in [2.45, 2.75) is 26.8 Å².